The Hall–Kier alpha value is -1.39. The maximum Gasteiger partial charge on any atom is 0.367 e. The zero-order valence-corrected chi connectivity index (χ0v) is 10.4. The zero-order valence-electron chi connectivity index (χ0n) is 10.4. The molecule has 0 atom stereocenters. The van der Waals surface area contributed by atoms with Gasteiger partial charge >= 0.3 is 5.97 Å². The van der Waals surface area contributed by atoms with Crippen molar-refractivity contribution in [2.24, 2.45) is 0 Å². The molecule has 0 fully saturated rings. The van der Waals surface area contributed by atoms with Gasteiger partial charge in [-0.2, -0.15) is 4.89 Å². The topological polar surface area (TPSA) is 44.8 Å². The number of benzene rings is 1. The van der Waals surface area contributed by atoms with E-state index in [1.165, 1.54) is 0 Å². The summed E-state index contributed by atoms with van der Waals surface area (Å²) in [7, 11) is 0. The fourth-order valence-electron chi connectivity index (χ4n) is 1.02. The van der Waals surface area contributed by atoms with Crippen LogP contribution in [0.4, 0.5) is 0 Å². The minimum atomic E-state index is -0.532. The Bertz CT molecular complexity index is 340. The number of carbonyl (C=O) groups is 1. The molecule has 1 rings (SSSR count). The van der Waals surface area contributed by atoms with Crippen molar-refractivity contribution < 1.29 is 19.3 Å². The van der Waals surface area contributed by atoms with Gasteiger partial charge in [-0.3, -0.25) is 4.89 Å². The summed E-state index contributed by atoms with van der Waals surface area (Å²) < 4.78 is 5.19. The minimum Gasteiger partial charge on any atom is -0.365 e. The molecule has 4 heteroatoms. The quantitative estimate of drug-likeness (QED) is 0.584. The highest BCUT2D eigenvalue weighted by Crippen LogP contribution is 2.07. The van der Waals surface area contributed by atoms with Crippen LogP contribution in [0.2, 0.25) is 0 Å². The summed E-state index contributed by atoms with van der Waals surface area (Å²) in [4.78, 5) is 20.7. The largest absolute Gasteiger partial charge is 0.367 e. The Morgan fingerprint density at radius 2 is 1.82 bits per heavy atom. The average Bonchev–Trinajstić information content (AvgIpc) is 2.27. The normalized spacial score (nSPS) is 11.2. The third-order valence-electron chi connectivity index (χ3n) is 1.72. The van der Waals surface area contributed by atoms with Crippen molar-refractivity contribution in [1.29, 1.82) is 0 Å². The fourth-order valence-corrected chi connectivity index (χ4v) is 1.02. The molecule has 0 unspecified atom stereocenters. The van der Waals surface area contributed by atoms with Crippen molar-refractivity contribution in [3.63, 3.8) is 0 Å². The Balaban J connectivity index is 2.17. The molecule has 0 amide bonds. The number of hydrogen-bond donors (Lipinski definition) is 0. The van der Waals surface area contributed by atoms with Gasteiger partial charge in [-0.25, -0.2) is 4.79 Å². The molecule has 0 radical (unpaired) electrons. The lowest BCUT2D eigenvalue weighted by atomic mass is 10.2. The van der Waals surface area contributed by atoms with Gasteiger partial charge in [-0.15, -0.1) is 0 Å². The molecule has 0 bridgehead atoms. The zero-order chi connectivity index (χ0) is 12.7. The van der Waals surface area contributed by atoms with E-state index in [1.807, 2.05) is 30.3 Å². The van der Waals surface area contributed by atoms with Crippen LogP contribution >= 0.6 is 0 Å². The van der Waals surface area contributed by atoms with E-state index in [2.05, 4.69) is 4.89 Å². The summed E-state index contributed by atoms with van der Waals surface area (Å²) >= 11 is 0. The molecule has 0 saturated carbocycles. The lowest BCUT2D eigenvalue weighted by molar-refractivity contribution is -0.322. The summed E-state index contributed by atoms with van der Waals surface area (Å²) in [6.45, 7) is 5.65. The van der Waals surface area contributed by atoms with Gasteiger partial charge in [0.1, 0.15) is 12.2 Å². The van der Waals surface area contributed by atoms with E-state index in [-0.39, 0.29) is 6.61 Å². The molecule has 0 saturated heterocycles. The molecule has 0 spiro atoms. The van der Waals surface area contributed by atoms with E-state index in [9.17, 15) is 4.79 Å². The van der Waals surface area contributed by atoms with E-state index in [4.69, 9.17) is 9.62 Å². The first-order chi connectivity index (χ1) is 7.97. The van der Waals surface area contributed by atoms with Crippen LogP contribution in [-0.2, 0) is 25.9 Å². The van der Waals surface area contributed by atoms with E-state index in [0.717, 1.165) is 5.56 Å². The molecule has 0 aliphatic heterocycles. The lowest BCUT2D eigenvalue weighted by Crippen LogP contribution is -2.23. The third-order valence-corrected chi connectivity index (χ3v) is 1.72. The van der Waals surface area contributed by atoms with Crippen LogP contribution < -0.4 is 0 Å². The van der Waals surface area contributed by atoms with E-state index < -0.39 is 11.6 Å². The van der Waals surface area contributed by atoms with Gasteiger partial charge in [0.2, 0.25) is 0 Å². The predicted molar refractivity (Wildman–Crippen MR) is 63.0 cm³/mol. The van der Waals surface area contributed by atoms with Crippen molar-refractivity contribution in [3.05, 3.63) is 35.9 Å². The monoisotopic (exact) mass is 238 g/mol. The standard InChI is InChI=1S/C13H18O4/c1-13(2,3)17-16-12(14)10-15-9-11-7-5-4-6-8-11/h4-8H,9-10H2,1-3H3. The summed E-state index contributed by atoms with van der Waals surface area (Å²) in [6.07, 6.45) is 0. The maximum atomic E-state index is 11.2. The van der Waals surface area contributed by atoms with E-state index >= 15 is 0 Å². The van der Waals surface area contributed by atoms with Gasteiger partial charge in [0.15, 0.2) is 0 Å². The molecule has 0 N–H and O–H groups in total. The number of rotatable bonds is 5. The molecule has 17 heavy (non-hydrogen) atoms. The van der Waals surface area contributed by atoms with Crippen LogP contribution in [0.15, 0.2) is 30.3 Å². The summed E-state index contributed by atoms with van der Waals surface area (Å²) in [6, 6.07) is 9.61. The minimum absolute atomic E-state index is 0.120. The van der Waals surface area contributed by atoms with Crippen molar-refractivity contribution in [2.45, 2.75) is 33.0 Å². The second-order valence-corrected chi connectivity index (χ2v) is 4.63. The Kier molecular flexibility index (Phi) is 5.12. The van der Waals surface area contributed by atoms with Gasteiger partial charge in [-0.1, -0.05) is 30.3 Å². The van der Waals surface area contributed by atoms with Crippen molar-refractivity contribution in [1.82, 2.24) is 0 Å². The molecule has 4 nitrogen and oxygen atoms in total. The summed E-state index contributed by atoms with van der Waals surface area (Å²) in [5, 5.41) is 0. The van der Waals surface area contributed by atoms with E-state index in [1.54, 1.807) is 20.8 Å². The van der Waals surface area contributed by atoms with Crippen molar-refractivity contribution >= 4 is 5.97 Å². The first kappa shape index (κ1) is 13.7. The van der Waals surface area contributed by atoms with Gasteiger partial charge in [0, 0.05) is 0 Å². The van der Waals surface area contributed by atoms with Gasteiger partial charge in [0.05, 0.1) is 6.61 Å². The summed E-state index contributed by atoms with van der Waals surface area (Å²) in [5.74, 6) is -0.532. The lowest BCUT2D eigenvalue weighted by Gasteiger charge is -2.16. The molecule has 0 heterocycles. The summed E-state index contributed by atoms with van der Waals surface area (Å²) in [5.41, 5.74) is 0.506. The van der Waals surface area contributed by atoms with Crippen LogP contribution in [0.5, 0.6) is 0 Å². The van der Waals surface area contributed by atoms with Gasteiger partial charge in [-0.05, 0) is 26.3 Å². The Morgan fingerprint density at radius 3 is 2.41 bits per heavy atom. The predicted octanol–water partition coefficient (Wildman–Crippen LogP) is 2.48. The Morgan fingerprint density at radius 1 is 1.18 bits per heavy atom. The highest BCUT2D eigenvalue weighted by Gasteiger charge is 2.15. The second kappa shape index (κ2) is 6.37. The molecule has 94 valence electrons. The first-order valence-corrected chi connectivity index (χ1v) is 5.47. The molecule has 1 aromatic rings. The average molecular weight is 238 g/mol. The molecule has 0 aliphatic rings. The maximum absolute atomic E-state index is 11.2. The van der Waals surface area contributed by atoms with Gasteiger partial charge < -0.3 is 4.74 Å². The molecule has 0 aromatic heterocycles. The van der Waals surface area contributed by atoms with Crippen molar-refractivity contribution in [2.75, 3.05) is 6.61 Å². The Labute approximate surface area is 101 Å². The van der Waals surface area contributed by atoms with Gasteiger partial charge in [0.25, 0.3) is 0 Å². The number of ether oxygens (including phenoxy) is 1. The van der Waals surface area contributed by atoms with Crippen LogP contribution in [0.3, 0.4) is 0 Å². The molecular formula is C13H18O4. The SMILES string of the molecule is CC(C)(C)OOC(=O)COCc1ccccc1. The van der Waals surface area contributed by atoms with Crippen LogP contribution in [-0.4, -0.2) is 18.2 Å². The number of carbonyl (C=O) groups excluding carboxylic acids is 1. The number of hydrogen-bond acceptors (Lipinski definition) is 4. The van der Waals surface area contributed by atoms with E-state index in [0.29, 0.717) is 6.61 Å². The van der Waals surface area contributed by atoms with Crippen molar-refractivity contribution in [3.8, 4) is 0 Å². The van der Waals surface area contributed by atoms with Crippen LogP contribution in [0, 0.1) is 0 Å². The molecule has 0 aliphatic carbocycles. The third kappa shape index (κ3) is 6.71. The second-order valence-electron chi connectivity index (χ2n) is 4.63. The fraction of sp³-hybridized carbons (Fsp3) is 0.462. The molecular weight excluding hydrogens is 220 g/mol. The van der Waals surface area contributed by atoms with Crippen LogP contribution in [0.1, 0.15) is 26.3 Å². The first-order valence-electron chi connectivity index (χ1n) is 5.47. The molecule has 1 aromatic carbocycles. The highest BCUT2D eigenvalue weighted by atomic mass is 17.2. The van der Waals surface area contributed by atoms with Crippen LogP contribution in [0.25, 0.3) is 0 Å². The smallest absolute Gasteiger partial charge is 0.365 e. The highest BCUT2D eigenvalue weighted by molar-refractivity contribution is 5.69.